The molecule has 2 aromatic carbocycles. The van der Waals surface area contributed by atoms with E-state index in [2.05, 4.69) is 4.72 Å². The van der Waals surface area contributed by atoms with E-state index in [1.807, 2.05) is 0 Å². The van der Waals surface area contributed by atoms with E-state index in [1.165, 1.54) is 41.3 Å². The van der Waals surface area contributed by atoms with Gasteiger partial charge in [0.1, 0.15) is 0 Å². The van der Waals surface area contributed by atoms with Gasteiger partial charge in [0.25, 0.3) is 11.6 Å². The predicted molar refractivity (Wildman–Crippen MR) is 103 cm³/mol. The monoisotopic (exact) mass is 403 g/mol. The molecule has 8 nitrogen and oxygen atoms in total. The number of nitrogens with zero attached hydrogens (tertiary/aromatic N) is 2. The zero-order valence-corrected chi connectivity index (χ0v) is 16.3. The van der Waals surface area contributed by atoms with Crippen LogP contribution in [0.15, 0.2) is 53.4 Å². The second kappa shape index (κ2) is 7.69. The van der Waals surface area contributed by atoms with Gasteiger partial charge in [0, 0.05) is 30.8 Å². The van der Waals surface area contributed by atoms with Crippen LogP contribution in [0.25, 0.3) is 0 Å². The van der Waals surface area contributed by atoms with Crippen LogP contribution in [0, 0.1) is 10.1 Å². The lowest BCUT2D eigenvalue weighted by molar-refractivity contribution is -0.384. The van der Waals surface area contributed by atoms with Gasteiger partial charge in [-0.1, -0.05) is 12.1 Å². The van der Waals surface area contributed by atoms with Crippen molar-refractivity contribution in [2.24, 2.45) is 0 Å². The largest absolute Gasteiger partial charge is 0.335 e. The molecule has 1 aliphatic carbocycles. The summed E-state index contributed by atoms with van der Waals surface area (Å²) in [7, 11) is -1.97. The lowest BCUT2D eigenvalue weighted by Gasteiger charge is -2.25. The maximum Gasteiger partial charge on any atom is 0.269 e. The Morgan fingerprint density at radius 2 is 1.86 bits per heavy atom. The Kier molecular flexibility index (Phi) is 5.48. The van der Waals surface area contributed by atoms with E-state index in [0.29, 0.717) is 11.1 Å². The molecule has 0 spiro atoms. The van der Waals surface area contributed by atoms with Gasteiger partial charge >= 0.3 is 0 Å². The molecule has 0 radical (unpaired) electrons. The molecule has 0 unspecified atom stereocenters. The molecule has 9 heteroatoms. The SMILES string of the molecule is C[C@@H](c1cccc([N+](=O)[O-])c1)N(C)C(=O)c1ccc(S(=O)(=O)NC2CC2)cc1. The van der Waals surface area contributed by atoms with Crippen LogP contribution in [0.1, 0.15) is 41.7 Å². The number of non-ortho nitro benzene ring substituents is 1. The van der Waals surface area contributed by atoms with Gasteiger partial charge < -0.3 is 4.90 Å². The number of hydrogen-bond acceptors (Lipinski definition) is 5. The van der Waals surface area contributed by atoms with Crippen molar-refractivity contribution in [3.63, 3.8) is 0 Å². The minimum atomic E-state index is -3.57. The fourth-order valence-electron chi connectivity index (χ4n) is 2.77. The summed E-state index contributed by atoms with van der Waals surface area (Å²) in [6.07, 6.45) is 1.69. The van der Waals surface area contributed by atoms with Crippen LogP contribution in [-0.2, 0) is 10.0 Å². The van der Waals surface area contributed by atoms with Crippen molar-refractivity contribution in [2.75, 3.05) is 7.05 Å². The molecule has 0 saturated heterocycles. The first-order valence-electron chi connectivity index (χ1n) is 8.83. The molecule has 2 aromatic rings. The van der Waals surface area contributed by atoms with Gasteiger partial charge in [-0.2, -0.15) is 0 Å². The van der Waals surface area contributed by atoms with E-state index in [-0.39, 0.29) is 22.5 Å². The van der Waals surface area contributed by atoms with Crippen molar-refractivity contribution >= 4 is 21.6 Å². The van der Waals surface area contributed by atoms with Crippen LogP contribution >= 0.6 is 0 Å². The third kappa shape index (κ3) is 4.37. The Bertz CT molecular complexity index is 1000. The number of carbonyl (C=O) groups is 1. The van der Waals surface area contributed by atoms with Gasteiger partial charge in [0.05, 0.1) is 15.9 Å². The van der Waals surface area contributed by atoms with E-state index >= 15 is 0 Å². The molecule has 1 atom stereocenters. The summed E-state index contributed by atoms with van der Waals surface area (Å²) < 4.78 is 27.0. The number of carbonyl (C=O) groups excluding carboxylic acids is 1. The Hall–Kier alpha value is -2.78. The fourth-order valence-corrected chi connectivity index (χ4v) is 4.07. The van der Waals surface area contributed by atoms with E-state index < -0.39 is 21.0 Å². The molecule has 1 fully saturated rings. The number of rotatable bonds is 7. The molecule has 3 rings (SSSR count). The summed E-state index contributed by atoms with van der Waals surface area (Å²) in [5.41, 5.74) is 0.936. The molecule has 0 aliphatic heterocycles. The second-order valence-electron chi connectivity index (χ2n) is 6.86. The number of hydrogen-bond donors (Lipinski definition) is 1. The summed E-state index contributed by atoms with van der Waals surface area (Å²) in [5, 5.41) is 11.0. The van der Waals surface area contributed by atoms with E-state index in [9.17, 15) is 23.3 Å². The first-order chi connectivity index (χ1) is 13.2. The molecule has 1 saturated carbocycles. The molecular formula is C19H21N3O5S. The second-order valence-corrected chi connectivity index (χ2v) is 8.58. The molecule has 0 heterocycles. The van der Waals surface area contributed by atoms with Crippen molar-refractivity contribution in [3.05, 3.63) is 69.8 Å². The summed E-state index contributed by atoms with van der Waals surface area (Å²) in [5.74, 6) is -0.307. The van der Waals surface area contributed by atoms with Crippen LogP contribution < -0.4 is 4.72 Å². The topological polar surface area (TPSA) is 110 Å². The standard InChI is InChI=1S/C19H21N3O5S/c1-13(15-4-3-5-17(12-15)22(24)25)21(2)19(23)14-6-10-18(11-7-14)28(26,27)20-16-8-9-16/h3-7,10-13,16,20H,8-9H2,1-2H3/t13-/m0/s1. The van der Waals surface area contributed by atoms with Crippen molar-refractivity contribution in [3.8, 4) is 0 Å². The summed E-state index contributed by atoms with van der Waals surface area (Å²) in [6, 6.07) is 11.5. The Balaban J connectivity index is 1.75. The summed E-state index contributed by atoms with van der Waals surface area (Å²) >= 11 is 0. The van der Waals surface area contributed by atoms with Crippen molar-refractivity contribution in [2.45, 2.75) is 36.7 Å². The zero-order chi connectivity index (χ0) is 20.5. The van der Waals surface area contributed by atoms with E-state index in [1.54, 1.807) is 26.1 Å². The maximum atomic E-state index is 12.8. The van der Waals surface area contributed by atoms with Crippen LogP contribution in [0.2, 0.25) is 0 Å². The molecule has 1 N–H and O–H groups in total. The van der Waals surface area contributed by atoms with Crippen molar-refractivity contribution in [1.29, 1.82) is 0 Å². The quantitative estimate of drug-likeness (QED) is 0.565. The van der Waals surface area contributed by atoms with Gasteiger partial charge in [-0.05, 0) is 49.6 Å². The smallest absolute Gasteiger partial charge is 0.269 e. The highest BCUT2D eigenvalue weighted by molar-refractivity contribution is 7.89. The first-order valence-corrected chi connectivity index (χ1v) is 10.3. The highest BCUT2D eigenvalue weighted by Crippen LogP contribution is 2.25. The van der Waals surface area contributed by atoms with Gasteiger partial charge in [0.2, 0.25) is 10.0 Å². The molecule has 1 aliphatic rings. The van der Waals surface area contributed by atoms with E-state index in [0.717, 1.165) is 12.8 Å². The Labute approximate surface area is 163 Å². The zero-order valence-electron chi connectivity index (χ0n) is 15.5. The average Bonchev–Trinajstić information content (AvgIpc) is 3.49. The number of benzene rings is 2. The number of sulfonamides is 1. The number of nitro groups is 1. The van der Waals surface area contributed by atoms with Gasteiger partial charge in [-0.15, -0.1) is 0 Å². The van der Waals surface area contributed by atoms with Crippen LogP contribution in [0.4, 0.5) is 5.69 Å². The normalized spacial score (nSPS) is 15.1. The van der Waals surface area contributed by atoms with Crippen molar-refractivity contribution < 1.29 is 18.1 Å². The Morgan fingerprint density at radius 1 is 1.21 bits per heavy atom. The summed E-state index contributed by atoms with van der Waals surface area (Å²) in [4.78, 5) is 24.8. The maximum absolute atomic E-state index is 12.8. The Morgan fingerprint density at radius 3 is 2.43 bits per heavy atom. The minimum absolute atomic E-state index is 0.00761. The lowest BCUT2D eigenvalue weighted by Crippen LogP contribution is -2.30. The lowest BCUT2D eigenvalue weighted by atomic mass is 10.1. The first kappa shape index (κ1) is 20.0. The number of amides is 1. The minimum Gasteiger partial charge on any atom is -0.335 e. The third-order valence-electron chi connectivity index (χ3n) is 4.78. The fraction of sp³-hybridized carbons (Fsp3) is 0.316. The highest BCUT2D eigenvalue weighted by Gasteiger charge is 2.28. The van der Waals surface area contributed by atoms with Gasteiger partial charge in [-0.3, -0.25) is 14.9 Å². The van der Waals surface area contributed by atoms with Crippen LogP contribution in [-0.4, -0.2) is 37.2 Å². The molecule has 148 valence electrons. The van der Waals surface area contributed by atoms with E-state index in [4.69, 9.17) is 0 Å². The van der Waals surface area contributed by atoms with Crippen LogP contribution in [0.5, 0.6) is 0 Å². The van der Waals surface area contributed by atoms with Crippen molar-refractivity contribution in [1.82, 2.24) is 9.62 Å². The van der Waals surface area contributed by atoms with Gasteiger partial charge in [-0.25, -0.2) is 13.1 Å². The molecule has 0 bridgehead atoms. The average molecular weight is 403 g/mol. The van der Waals surface area contributed by atoms with Gasteiger partial charge in [0.15, 0.2) is 0 Å². The number of nitro benzene ring substituents is 1. The number of nitrogens with one attached hydrogen (secondary N) is 1. The summed E-state index contributed by atoms with van der Waals surface area (Å²) in [6.45, 7) is 1.77. The molecular weight excluding hydrogens is 382 g/mol. The van der Waals surface area contributed by atoms with Crippen LogP contribution in [0.3, 0.4) is 0 Å². The highest BCUT2D eigenvalue weighted by atomic mass is 32.2. The predicted octanol–water partition coefficient (Wildman–Crippen LogP) is 2.87. The molecule has 0 aromatic heterocycles. The third-order valence-corrected chi connectivity index (χ3v) is 6.31. The molecule has 1 amide bonds. The molecule has 28 heavy (non-hydrogen) atoms.